The highest BCUT2D eigenvalue weighted by atomic mass is 35.5. The summed E-state index contributed by atoms with van der Waals surface area (Å²) in [6.07, 6.45) is 0.990. The fraction of sp³-hybridized carbons (Fsp3) is 0.130. The third kappa shape index (κ3) is 6.36. The van der Waals surface area contributed by atoms with Gasteiger partial charge in [0.05, 0.1) is 11.4 Å². The number of carboxylic acids is 1. The van der Waals surface area contributed by atoms with E-state index in [9.17, 15) is 9.59 Å². The predicted molar refractivity (Wildman–Crippen MR) is 113 cm³/mol. The van der Waals surface area contributed by atoms with Gasteiger partial charge in [-0.05, 0) is 53.9 Å². The quantitative estimate of drug-likeness (QED) is 0.527. The van der Waals surface area contributed by atoms with Crippen molar-refractivity contribution in [1.82, 2.24) is 0 Å². The van der Waals surface area contributed by atoms with E-state index in [2.05, 4.69) is 5.32 Å². The molecule has 0 radical (unpaired) electrons. The molecule has 5 nitrogen and oxygen atoms in total. The largest absolute Gasteiger partial charge is 0.481 e. The molecule has 1 amide bonds. The molecule has 3 aromatic carbocycles. The lowest BCUT2D eigenvalue weighted by atomic mass is 10.1. The zero-order chi connectivity index (χ0) is 20.6. The average Bonchev–Trinajstić information content (AvgIpc) is 2.70. The topological polar surface area (TPSA) is 75.6 Å². The number of aliphatic carboxylic acids is 1. The lowest BCUT2D eigenvalue weighted by Crippen LogP contribution is -2.12. The van der Waals surface area contributed by atoms with Crippen LogP contribution in [0.5, 0.6) is 11.5 Å². The number of aryl methyl sites for hydroxylation is 1. The summed E-state index contributed by atoms with van der Waals surface area (Å²) in [6, 6.07) is 21.7. The van der Waals surface area contributed by atoms with Gasteiger partial charge in [0.25, 0.3) is 0 Å². The van der Waals surface area contributed by atoms with E-state index in [-0.39, 0.29) is 12.3 Å². The number of nitrogens with one attached hydrogen (secondary N) is 1. The summed E-state index contributed by atoms with van der Waals surface area (Å²) >= 11 is 6.17. The molecule has 0 fully saturated rings. The molecule has 0 aliphatic heterocycles. The fourth-order valence-electron chi connectivity index (χ4n) is 2.77. The summed E-state index contributed by atoms with van der Waals surface area (Å²) in [5.74, 6) is 0.0105. The van der Waals surface area contributed by atoms with Crippen LogP contribution >= 0.6 is 11.6 Å². The van der Waals surface area contributed by atoms with Crippen LogP contribution in [0.4, 0.5) is 5.69 Å². The second-order valence-electron chi connectivity index (χ2n) is 6.50. The Hall–Kier alpha value is -3.31. The molecule has 148 valence electrons. The minimum atomic E-state index is -0.920. The maximum absolute atomic E-state index is 12.1. The van der Waals surface area contributed by atoms with Gasteiger partial charge >= 0.3 is 5.97 Å². The van der Waals surface area contributed by atoms with E-state index in [1.807, 2.05) is 30.3 Å². The molecule has 29 heavy (non-hydrogen) atoms. The summed E-state index contributed by atoms with van der Waals surface area (Å²) in [5, 5.41) is 12.0. The van der Waals surface area contributed by atoms with Crippen molar-refractivity contribution in [2.24, 2.45) is 0 Å². The van der Waals surface area contributed by atoms with Crippen LogP contribution in [0.25, 0.3) is 0 Å². The molecule has 0 saturated carbocycles. The van der Waals surface area contributed by atoms with Gasteiger partial charge in [0.1, 0.15) is 11.5 Å². The van der Waals surface area contributed by atoms with E-state index in [4.69, 9.17) is 21.4 Å². The first-order chi connectivity index (χ1) is 14.0. The minimum Gasteiger partial charge on any atom is -0.481 e. The lowest BCUT2D eigenvalue weighted by molar-refractivity contribution is -0.136. The Bertz CT molecular complexity index is 988. The van der Waals surface area contributed by atoms with E-state index >= 15 is 0 Å². The van der Waals surface area contributed by atoms with Gasteiger partial charge < -0.3 is 15.2 Å². The van der Waals surface area contributed by atoms with E-state index in [1.54, 1.807) is 42.5 Å². The first-order valence-electron chi connectivity index (χ1n) is 9.11. The first kappa shape index (κ1) is 20.4. The van der Waals surface area contributed by atoms with Crippen LogP contribution in [0, 0.1) is 0 Å². The van der Waals surface area contributed by atoms with Crippen molar-refractivity contribution >= 4 is 29.2 Å². The fourth-order valence-corrected chi connectivity index (χ4v) is 3.01. The lowest BCUT2D eigenvalue weighted by Gasteiger charge is -2.10. The molecule has 0 heterocycles. The Balaban J connectivity index is 1.54. The Morgan fingerprint density at radius 2 is 1.66 bits per heavy atom. The van der Waals surface area contributed by atoms with E-state index < -0.39 is 5.97 Å². The smallest absolute Gasteiger partial charge is 0.307 e. The number of anilines is 1. The van der Waals surface area contributed by atoms with Crippen molar-refractivity contribution in [2.75, 3.05) is 5.32 Å². The Labute approximate surface area is 173 Å². The number of halogens is 1. The highest BCUT2D eigenvalue weighted by Gasteiger charge is 2.08. The molecular weight excluding hydrogens is 390 g/mol. The van der Waals surface area contributed by atoms with Crippen molar-refractivity contribution < 1.29 is 19.4 Å². The van der Waals surface area contributed by atoms with Gasteiger partial charge in [-0.3, -0.25) is 9.59 Å². The van der Waals surface area contributed by atoms with Crippen molar-refractivity contribution in [3.63, 3.8) is 0 Å². The number of hydrogen-bond donors (Lipinski definition) is 2. The van der Waals surface area contributed by atoms with E-state index in [0.717, 1.165) is 5.56 Å². The van der Waals surface area contributed by atoms with Crippen LogP contribution in [0.1, 0.15) is 17.5 Å². The van der Waals surface area contributed by atoms with Gasteiger partial charge in [-0.2, -0.15) is 0 Å². The molecule has 6 heteroatoms. The summed E-state index contributed by atoms with van der Waals surface area (Å²) in [4.78, 5) is 22.9. The number of rotatable bonds is 8. The second kappa shape index (κ2) is 9.75. The Kier molecular flexibility index (Phi) is 6.87. The third-order valence-electron chi connectivity index (χ3n) is 4.20. The highest BCUT2D eigenvalue weighted by molar-refractivity contribution is 6.32. The summed E-state index contributed by atoms with van der Waals surface area (Å²) in [7, 11) is 0. The third-order valence-corrected chi connectivity index (χ3v) is 4.50. The normalized spacial score (nSPS) is 10.4. The predicted octanol–water partition coefficient (Wildman–Crippen LogP) is 5.33. The molecule has 0 aliphatic rings. The standard InChI is InChI=1S/C23H20ClNO4/c24-20-14-17(15-23(27)28)6-12-21(20)29-19-10-8-18(9-11-19)25-22(26)13-7-16-4-2-1-3-5-16/h1-6,8-12,14H,7,13,15H2,(H,25,26)(H,27,28). The molecular formula is C23H20ClNO4. The number of carbonyl (C=O) groups is 2. The van der Waals surface area contributed by atoms with Crippen LogP contribution in [0.2, 0.25) is 5.02 Å². The molecule has 3 aromatic rings. The number of carboxylic acid groups (broad SMARTS) is 1. The molecule has 0 spiro atoms. The number of carbonyl (C=O) groups excluding carboxylic acids is 1. The van der Waals surface area contributed by atoms with Gasteiger partial charge in [0, 0.05) is 12.1 Å². The second-order valence-corrected chi connectivity index (χ2v) is 6.90. The number of benzene rings is 3. The monoisotopic (exact) mass is 409 g/mol. The zero-order valence-corrected chi connectivity index (χ0v) is 16.4. The van der Waals surface area contributed by atoms with E-state index in [0.29, 0.717) is 40.6 Å². The van der Waals surface area contributed by atoms with Gasteiger partial charge in [-0.15, -0.1) is 0 Å². The maximum Gasteiger partial charge on any atom is 0.307 e. The minimum absolute atomic E-state index is 0.0559. The van der Waals surface area contributed by atoms with Crippen molar-refractivity contribution in [3.8, 4) is 11.5 Å². The van der Waals surface area contributed by atoms with Gasteiger partial charge in [-0.25, -0.2) is 0 Å². The van der Waals surface area contributed by atoms with Crippen LogP contribution in [0.3, 0.4) is 0 Å². The number of ether oxygens (including phenoxy) is 1. The zero-order valence-electron chi connectivity index (χ0n) is 15.6. The summed E-state index contributed by atoms with van der Waals surface area (Å²) < 4.78 is 5.74. The molecule has 2 N–H and O–H groups in total. The van der Waals surface area contributed by atoms with Crippen LogP contribution in [0.15, 0.2) is 72.8 Å². The molecule has 0 atom stereocenters. The van der Waals surface area contributed by atoms with Crippen molar-refractivity contribution in [1.29, 1.82) is 0 Å². The van der Waals surface area contributed by atoms with Crippen LogP contribution < -0.4 is 10.1 Å². The van der Waals surface area contributed by atoms with Crippen molar-refractivity contribution in [3.05, 3.63) is 88.9 Å². The molecule has 0 aromatic heterocycles. The Morgan fingerprint density at radius 1 is 0.931 bits per heavy atom. The van der Waals surface area contributed by atoms with Gasteiger partial charge in [-0.1, -0.05) is 48.0 Å². The molecule has 3 rings (SSSR count). The van der Waals surface area contributed by atoms with Crippen molar-refractivity contribution in [2.45, 2.75) is 19.3 Å². The molecule has 0 unspecified atom stereocenters. The van der Waals surface area contributed by atoms with E-state index in [1.165, 1.54) is 0 Å². The van der Waals surface area contributed by atoms with Gasteiger partial charge in [0.15, 0.2) is 0 Å². The number of amides is 1. The summed E-state index contributed by atoms with van der Waals surface area (Å²) in [6.45, 7) is 0. The maximum atomic E-state index is 12.1. The van der Waals surface area contributed by atoms with Crippen LogP contribution in [-0.2, 0) is 22.4 Å². The average molecular weight is 410 g/mol. The molecule has 0 aliphatic carbocycles. The SMILES string of the molecule is O=C(O)Cc1ccc(Oc2ccc(NC(=O)CCc3ccccc3)cc2)c(Cl)c1. The Morgan fingerprint density at radius 3 is 2.31 bits per heavy atom. The molecule has 0 bridgehead atoms. The number of hydrogen-bond acceptors (Lipinski definition) is 3. The van der Waals surface area contributed by atoms with Gasteiger partial charge in [0.2, 0.25) is 5.91 Å². The molecule has 0 saturated heterocycles. The van der Waals surface area contributed by atoms with Crippen LogP contribution in [-0.4, -0.2) is 17.0 Å². The highest BCUT2D eigenvalue weighted by Crippen LogP contribution is 2.31. The summed E-state index contributed by atoms with van der Waals surface area (Å²) in [5.41, 5.74) is 2.40. The first-order valence-corrected chi connectivity index (χ1v) is 9.49.